The van der Waals surface area contributed by atoms with Crippen LogP contribution in [0.5, 0.6) is 0 Å². The summed E-state index contributed by atoms with van der Waals surface area (Å²) in [6.07, 6.45) is -0.654. The summed E-state index contributed by atoms with van der Waals surface area (Å²) in [4.78, 5) is 10.3. The van der Waals surface area contributed by atoms with E-state index in [2.05, 4.69) is 5.32 Å². The van der Waals surface area contributed by atoms with Gasteiger partial charge in [0, 0.05) is 13.1 Å². The minimum absolute atomic E-state index is 0.00912. The minimum atomic E-state index is -0.890. The van der Waals surface area contributed by atoms with Gasteiger partial charge in [0.25, 0.3) is 0 Å². The van der Waals surface area contributed by atoms with Gasteiger partial charge in [-0.05, 0) is 6.92 Å². The van der Waals surface area contributed by atoms with E-state index in [0.717, 1.165) is 6.54 Å². The van der Waals surface area contributed by atoms with E-state index < -0.39 is 12.1 Å². The molecule has 1 aliphatic rings. The predicted octanol–water partition coefficient (Wildman–Crippen LogP) is -0.552. The number of nitrogens with one attached hydrogen (secondary N) is 1. The van der Waals surface area contributed by atoms with Crippen LogP contribution in [0.2, 0.25) is 0 Å². The van der Waals surface area contributed by atoms with Crippen LogP contribution < -0.4 is 5.32 Å². The Kier molecular flexibility index (Phi) is 2.24. The predicted molar refractivity (Wildman–Crippen MR) is 34.8 cm³/mol. The Bertz CT molecular complexity index is 137. The van der Waals surface area contributed by atoms with Crippen LogP contribution in [0.1, 0.15) is 6.92 Å². The van der Waals surface area contributed by atoms with Crippen molar-refractivity contribution in [2.45, 2.75) is 19.1 Å². The molecular formula is C6H11NO3. The van der Waals surface area contributed by atoms with Crippen molar-refractivity contribution in [1.82, 2.24) is 5.32 Å². The van der Waals surface area contributed by atoms with Crippen LogP contribution in [0.15, 0.2) is 0 Å². The van der Waals surface area contributed by atoms with E-state index in [-0.39, 0.29) is 6.10 Å². The molecule has 1 rings (SSSR count). The average Bonchev–Trinajstić information content (AvgIpc) is 1.88. The van der Waals surface area contributed by atoms with Gasteiger partial charge in [0.15, 0.2) is 6.10 Å². The van der Waals surface area contributed by atoms with Crippen LogP contribution in [0, 0.1) is 0 Å². The number of carbonyl (C=O) groups is 1. The summed E-state index contributed by atoms with van der Waals surface area (Å²) in [6.45, 7) is 3.01. The van der Waals surface area contributed by atoms with Gasteiger partial charge in [0.2, 0.25) is 0 Å². The fraction of sp³-hybridized carbons (Fsp3) is 0.833. The van der Waals surface area contributed by atoms with E-state index in [1.807, 2.05) is 6.92 Å². The van der Waals surface area contributed by atoms with Crippen LogP contribution in [0.4, 0.5) is 0 Å². The van der Waals surface area contributed by atoms with E-state index in [4.69, 9.17) is 9.84 Å². The molecule has 0 radical (unpaired) electrons. The summed E-state index contributed by atoms with van der Waals surface area (Å²) in [7, 11) is 0. The first kappa shape index (κ1) is 7.50. The topological polar surface area (TPSA) is 58.6 Å². The average molecular weight is 145 g/mol. The number of morpholine rings is 1. The highest BCUT2D eigenvalue weighted by atomic mass is 16.5. The number of carboxylic acid groups (broad SMARTS) is 1. The van der Waals surface area contributed by atoms with Gasteiger partial charge in [0.1, 0.15) is 0 Å². The third kappa shape index (κ3) is 1.68. The molecule has 2 atom stereocenters. The zero-order valence-electron chi connectivity index (χ0n) is 5.83. The summed E-state index contributed by atoms with van der Waals surface area (Å²) >= 11 is 0. The molecule has 4 nitrogen and oxygen atoms in total. The van der Waals surface area contributed by atoms with Gasteiger partial charge in [-0.3, -0.25) is 0 Å². The van der Waals surface area contributed by atoms with Crippen molar-refractivity contribution >= 4 is 5.97 Å². The van der Waals surface area contributed by atoms with Gasteiger partial charge in [-0.1, -0.05) is 0 Å². The summed E-state index contributed by atoms with van der Waals surface area (Å²) < 4.78 is 5.09. The number of ether oxygens (including phenoxy) is 1. The molecule has 1 fully saturated rings. The maximum atomic E-state index is 10.3. The third-order valence-electron chi connectivity index (χ3n) is 1.43. The van der Waals surface area contributed by atoms with Gasteiger partial charge in [-0.2, -0.15) is 0 Å². The Labute approximate surface area is 59.2 Å². The molecule has 2 N–H and O–H groups in total. The number of carboxylic acids is 1. The van der Waals surface area contributed by atoms with Gasteiger partial charge >= 0.3 is 5.97 Å². The zero-order chi connectivity index (χ0) is 7.56. The van der Waals surface area contributed by atoms with Crippen LogP contribution >= 0.6 is 0 Å². The Hall–Kier alpha value is -0.610. The number of rotatable bonds is 1. The fourth-order valence-electron chi connectivity index (χ4n) is 0.940. The molecule has 4 heteroatoms. The smallest absolute Gasteiger partial charge is 0.334 e. The normalized spacial score (nSPS) is 33.7. The Morgan fingerprint density at radius 2 is 2.40 bits per heavy atom. The molecule has 0 aliphatic carbocycles. The molecule has 0 bridgehead atoms. The molecule has 0 aromatic carbocycles. The van der Waals surface area contributed by atoms with Crippen LogP contribution in [0.3, 0.4) is 0 Å². The van der Waals surface area contributed by atoms with Crippen LogP contribution in [-0.4, -0.2) is 36.4 Å². The van der Waals surface area contributed by atoms with Gasteiger partial charge in [-0.15, -0.1) is 0 Å². The molecule has 1 saturated heterocycles. The van der Waals surface area contributed by atoms with Crippen molar-refractivity contribution in [3.63, 3.8) is 0 Å². The molecule has 0 aromatic rings. The lowest BCUT2D eigenvalue weighted by Gasteiger charge is -2.25. The standard InChI is InChI=1S/C6H11NO3/c1-4-2-7-3-5(10-4)6(8)9/h4-5,7H,2-3H2,1H3,(H,8,9)/t4-,5+/m0/s1. The molecular weight excluding hydrogens is 134 g/mol. The summed E-state index contributed by atoms with van der Waals surface area (Å²) in [6, 6.07) is 0. The molecule has 58 valence electrons. The SMILES string of the molecule is C[C@H]1CNC[C@H](C(=O)O)O1. The van der Waals surface area contributed by atoms with E-state index in [0.29, 0.717) is 6.54 Å². The zero-order valence-corrected chi connectivity index (χ0v) is 5.83. The summed E-state index contributed by atoms with van der Waals surface area (Å²) in [5, 5.41) is 11.5. The lowest BCUT2D eigenvalue weighted by atomic mass is 10.2. The lowest BCUT2D eigenvalue weighted by molar-refractivity contribution is -0.156. The monoisotopic (exact) mass is 145 g/mol. The number of hydrogen-bond acceptors (Lipinski definition) is 3. The van der Waals surface area contributed by atoms with Crippen molar-refractivity contribution < 1.29 is 14.6 Å². The Morgan fingerprint density at radius 3 is 2.80 bits per heavy atom. The molecule has 1 heterocycles. The fourth-order valence-corrected chi connectivity index (χ4v) is 0.940. The van der Waals surface area contributed by atoms with Crippen molar-refractivity contribution in [2.75, 3.05) is 13.1 Å². The Morgan fingerprint density at radius 1 is 1.70 bits per heavy atom. The molecule has 0 saturated carbocycles. The molecule has 0 unspecified atom stereocenters. The van der Waals surface area contributed by atoms with Crippen molar-refractivity contribution in [3.8, 4) is 0 Å². The van der Waals surface area contributed by atoms with Crippen molar-refractivity contribution in [1.29, 1.82) is 0 Å². The molecule has 0 amide bonds. The minimum Gasteiger partial charge on any atom is -0.479 e. The number of aliphatic carboxylic acids is 1. The first-order valence-corrected chi connectivity index (χ1v) is 3.29. The molecule has 1 aliphatic heterocycles. The molecule has 0 spiro atoms. The van der Waals surface area contributed by atoms with Gasteiger partial charge in [0.05, 0.1) is 6.10 Å². The quantitative estimate of drug-likeness (QED) is 0.519. The summed E-state index contributed by atoms with van der Waals surface area (Å²) in [5.41, 5.74) is 0. The first-order valence-electron chi connectivity index (χ1n) is 3.29. The van der Waals surface area contributed by atoms with E-state index in [9.17, 15) is 4.79 Å². The van der Waals surface area contributed by atoms with Gasteiger partial charge in [-0.25, -0.2) is 4.79 Å². The second kappa shape index (κ2) is 2.98. The second-order valence-electron chi connectivity index (χ2n) is 2.43. The van der Waals surface area contributed by atoms with E-state index in [1.54, 1.807) is 0 Å². The highest BCUT2D eigenvalue weighted by Gasteiger charge is 2.24. The van der Waals surface area contributed by atoms with Crippen molar-refractivity contribution in [2.24, 2.45) is 0 Å². The van der Waals surface area contributed by atoms with Gasteiger partial charge < -0.3 is 15.2 Å². The second-order valence-corrected chi connectivity index (χ2v) is 2.43. The van der Waals surface area contributed by atoms with E-state index >= 15 is 0 Å². The lowest BCUT2D eigenvalue weighted by Crippen LogP contribution is -2.46. The number of hydrogen-bond donors (Lipinski definition) is 2. The third-order valence-corrected chi connectivity index (χ3v) is 1.43. The maximum absolute atomic E-state index is 10.3. The van der Waals surface area contributed by atoms with Crippen LogP contribution in [0.25, 0.3) is 0 Å². The van der Waals surface area contributed by atoms with Crippen LogP contribution in [-0.2, 0) is 9.53 Å². The van der Waals surface area contributed by atoms with Crippen molar-refractivity contribution in [3.05, 3.63) is 0 Å². The Balaban J connectivity index is 2.39. The maximum Gasteiger partial charge on any atom is 0.334 e. The molecule has 0 aromatic heterocycles. The summed E-state index contributed by atoms with van der Waals surface area (Å²) in [5.74, 6) is -0.890. The van der Waals surface area contributed by atoms with E-state index in [1.165, 1.54) is 0 Å². The highest BCUT2D eigenvalue weighted by Crippen LogP contribution is 2.02. The molecule has 10 heavy (non-hydrogen) atoms. The highest BCUT2D eigenvalue weighted by molar-refractivity contribution is 5.72. The largest absolute Gasteiger partial charge is 0.479 e. The first-order chi connectivity index (χ1) is 4.70.